The number of hydrogen-bond acceptors (Lipinski definition) is 3. The first kappa shape index (κ1) is 9.39. The van der Waals surface area contributed by atoms with E-state index in [4.69, 9.17) is 0 Å². The lowest BCUT2D eigenvalue weighted by atomic mass is 10.1. The molecule has 2 amide bonds. The highest BCUT2D eigenvalue weighted by atomic mass is 16.2. The highest BCUT2D eigenvalue weighted by molar-refractivity contribution is 6.19. The van der Waals surface area contributed by atoms with Crippen LogP contribution in [0.1, 0.15) is 18.4 Å². The van der Waals surface area contributed by atoms with Gasteiger partial charge in [-0.15, -0.1) is 0 Å². The summed E-state index contributed by atoms with van der Waals surface area (Å²) in [6.07, 6.45) is 1.64. The highest BCUT2D eigenvalue weighted by Crippen LogP contribution is 2.29. The predicted octanol–water partition coefficient (Wildman–Crippen LogP) is 1.31. The van der Waals surface area contributed by atoms with Crippen molar-refractivity contribution < 1.29 is 9.59 Å². The van der Waals surface area contributed by atoms with Gasteiger partial charge in [-0.25, -0.2) is 0 Å². The average Bonchev–Trinajstić information content (AvgIpc) is 2.85. The second kappa shape index (κ2) is 3.33. The number of rotatable bonds is 1. The maximum Gasteiger partial charge on any atom is 0.234 e. The number of fused-ring (bicyclic) bond motifs is 1. The molecule has 0 bridgehead atoms. The number of nitrogens with zero attached hydrogens (tertiary/aromatic N) is 1. The van der Waals surface area contributed by atoms with E-state index in [1.165, 1.54) is 10.5 Å². The average molecular weight is 216 g/mol. The Balaban J connectivity index is 2.00. The molecule has 82 valence electrons. The summed E-state index contributed by atoms with van der Waals surface area (Å²) in [5.74, 6) is -0.174. The van der Waals surface area contributed by atoms with E-state index in [2.05, 4.69) is 5.32 Å². The second-order valence-corrected chi connectivity index (χ2v) is 4.14. The van der Waals surface area contributed by atoms with Gasteiger partial charge in [0.1, 0.15) is 0 Å². The fourth-order valence-electron chi connectivity index (χ4n) is 2.29. The summed E-state index contributed by atoms with van der Waals surface area (Å²) in [5, 5.41) is 3.25. The third-order valence-corrected chi connectivity index (χ3v) is 3.11. The van der Waals surface area contributed by atoms with Gasteiger partial charge in [0.2, 0.25) is 11.8 Å². The minimum absolute atomic E-state index is 0.0871. The first-order chi connectivity index (χ1) is 7.75. The molecule has 16 heavy (non-hydrogen) atoms. The Morgan fingerprint density at radius 3 is 2.56 bits per heavy atom. The first-order valence-corrected chi connectivity index (χ1v) is 5.48. The van der Waals surface area contributed by atoms with E-state index in [1.807, 2.05) is 18.2 Å². The van der Waals surface area contributed by atoms with E-state index in [0.717, 1.165) is 24.3 Å². The van der Waals surface area contributed by atoms with Crippen molar-refractivity contribution in [2.75, 3.05) is 16.8 Å². The van der Waals surface area contributed by atoms with E-state index in [9.17, 15) is 9.59 Å². The SMILES string of the molecule is O=C1CCC(=O)N1c1ccc2c(c1)CCN2. The molecule has 2 aliphatic rings. The van der Waals surface area contributed by atoms with Crippen molar-refractivity contribution in [3.63, 3.8) is 0 Å². The van der Waals surface area contributed by atoms with Crippen LogP contribution in [0.2, 0.25) is 0 Å². The number of nitrogens with one attached hydrogen (secondary N) is 1. The van der Waals surface area contributed by atoms with Gasteiger partial charge >= 0.3 is 0 Å². The van der Waals surface area contributed by atoms with Gasteiger partial charge in [-0.2, -0.15) is 0 Å². The predicted molar refractivity (Wildman–Crippen MR) is 60.4 cm³/mol. The maximum atomic E-state index is 11.6. The third-order valence-electron chi connectivity index (χ3n) is 3.11. The van der Waals surface area contributed by atoms with Gasteiger partial charge in [-0.05, 0) is 30.2 Å². The molecule has 2 heterocycles. The maximum absolute atomic E-state index is 11.6. The number of imide groups is 1. The fourth-order valence-corrected chi connectivity index (χ4v) is 2.29. The molecular formula is C12H12N2O2. The zero-order chi connectivity index (χ0) is 11.1. The standard InChI is InChI=1S/C12H12N2O2/c15-11-3-4-12(16)14(11)9-1-2-10-8(7-9)5-6-13-10/h1-2,7,13H,3-6H2. The van der Waals surface area contributed by atoms with Gasteiger partial charge in [0.25, 0.3) is 0 Å². The molecule has 3 rings (SSSR count). The molecule has 0 aromatic heterocycles. The zero-order valence-electron chi connectivity index (χ0n) is 8.82. The normalized spacial score (nSPS) is 18.9. The Hall–Kier alpha value is -1.84. The summed E-state index contributed by atoms with van der Waals surface area (Å²) in [6, 6.07) is 5.71. The molecule has 1 aromatic rings. The van der Waals surface area contributed by atoms with Gasteiger partial charge in [0.05, 0.1) is 5.69 Å². The number of anilines is 2. The molecule has 0 radical (unpaired) electrons. The Morgan fingerprint density at radius 2 is 1.81 bits per heavy atom. The summed E-state index contributed by atoms with van der Waals surface area (Å²) >= 11 is 0. The number of carbonyl (C=O) groups is 2. The molecule has 0 spiro atoms. The highest BCUT2D eigenvalue weighted by Gasteiger charge is 2.30. The third kappa shape index (κ3) is 1.30. The smallest absolute Gasteiger partial charge is 0.234 e. The monoisotopic (exact) mass is 216 g/mol. The van der Waals surface area contributed by atoms with Crippen molar-refractivity contribution in [2.24, 2.45) is 0 Å². The number of carbonyl (C=O) groups excluding carboxylic acids is 2. The number of hydrogen-bond donors (Lipinski definition) is 1. The molecule has 4 heteroatoms. The number of benzene rings is 1. The van der Waals surface area contributed by atoms with Crippen LogP contribution in [0.5, 0.6) is 0 Å². The van der Waals surface area contributed by atoms with Gasteiger partial charge < -0.3 is 5.32 Å². The van der Waals surface area contributed by atoms with Crippen LogP contribution in [0.15, 0.2) is 18.2 Å². The molecule has 1 fully saturated rings. The lowest BCUT2D eigenvalue weighted by Crippen LogP contribution is -2.28. The molecule has 1 N–H and O–H groups in total. The van der Waals surface area contributed by atoms with Crippen LogP contribution in [-0.4, -0.2) is 18.4 Å². The van der Waals surface area contributed by atoms with Crippen LogP contribution < -0.4 is 10.2 Å². The van der Waals surface area contributed by atoms with Gasteiger partial charge in [-0.1, -0.05) is 0 Å². The molecule has 0 saturated carbocycles. The first-order valence-electron chi connectivity index (χ1n) is 5.48. The molecule has 4 nitrogen and oxygen atoms in total. The zero-order valence-corrected chi connectivity index (χ0v) is 8.82. The van der Waals surface area contributed by atoms with Crippen molar-refractivity contribution in [1.29, 1.82) is 0 Å². The van der Waals surface area contributed by atoms with Crippen molar-refractivity contribution in [1.82, 2.24) is 0 Å². The molecule has 1 aromatic carbocycles. The summed E-state index contributed by atoms with van der Waals surface area (Å²) in [5.41, 5.74) is 3.02. The van der Waals surface area contributed by atoms with Crippen molar-refractivity contribution in [3.05, 3.63) is 23.8 Å². The van der Waals surface area contributed by atoms with Crippen molar-refractivity contribution >= 4 is 23.2 Å². The van der Waals surface area contributed by atoms with E-state index in [1.54, 1.807) is 0 Å². The van der Waals surface area contributed by atoms with Crippen molar-refractivity contribution in [2.45, 2.75) is 19.3 Å². The molecule has 0 aliphatic carbocycles. The van der Waals surface area contributed by atoms with Gasteiger partial charge in [-0.3, -0.25) is 14.5 Å². The number of amides is 2. The second-order valence-electron chi connectivity index (χ2n) is 4.14. The Kier molecular flexibility index (Phi) is 1.96. The summed E-state index contributed by atoms with van der Waals surface area (Å²) in [4.78, 5) is 24.5. The van der Waals surface area contributed by atoms with Crippen LogP contribution in [0, 0.1) is 0 Å². The quantitative estimate of drug-likeness (QED) is 0.720. The molecular weight excluding hydrogens is 204 g/mol. The molecule has 1 saturated heterocycles. The summed E-state index contributed by atoms with van der Waals surface area (Å²) < 4.78 is 0. The van der Waals surface area contributed by atoms with Gasteiger partial charge in [0, 0.05) is 25.1 Å². The van der Waals surface area contributed by atoms with Crippen LogP contribution >= 0.6 is 0 Å². The van der Waals surface area contributed by atoms with Crippen LogP contribution in [0.3, 0.4) is 0 Å². The minimum atomic E-state index is -0.0871. The topological polar surface area (TPSA) is 49.4 Å². The Morgan fingerprint density at radius 1 is 1.06 bits per heavy atom. The van der Waals surface area contributed by atoms with E-state index in [0.29, 0.717) is 12.8 Å². The van der Waals surface area contributed by atoms with Crippen LogP contribution in [0.25, 0.3) is 0 Å². The van der Waals surface area contributed by atoms with Crippen LogP contribution in [-0.2, 0) is 16.0 Å². The Bertz CT molecular complexity index is 466. The minimum Gasteiger partial charge on any atom is -0.384 e. The van der Waals surface area contributed by atoms with Gasteiger partial charge in [0.15, 0.2) is 0 Å². The summed E-state index contributed by atoms with van der Waals surface area (Å²) in [6.45, 7) is 0.931. The lowest BCUT2D eigenvalue weighted by Gasteiger charge is -2.14. The summed E-state index contributed by atoms with van der Waals surface area (Å²) in [7, 11) is 0. The van der Waals surface area contributed by atoms with E-state index in [-0.39, 0.29) is 11.8 Å². The van der Waals surface area contributed by atoms with E-state index >= 15 is 0 Å². The van der Waals surface area contributed by atoms with E-state index < -0.39 is 0 Å². The molecule has 0 unspecified atom stereocenters. The molecule has 2 aliphatic heterocycles. The Labute approximate surface area is 93.2 Å². The lowest BCUT2D eigenvalue weighted by molar-refractivity contribution is -0.121. The molecule has 0 atom stereocenters. The van der Waals surface area contributed by atoms with Crippen molar-refractivity contribution in [3.8, 4) is 0 Å². The fraction of sp³-hybridized carbons (Fsp3) is 0.333. The largest absolute Gasteiger partial charge is 0.384 e. The van der Waals surface area contributed by atoms with Crippen LogP contribution in [0.4, 0.5) is 11.4 Å².